The number of carbonyl (C=O) groups excluding carboxylic acids is 2. The maximum atomic E-state index is 12.5. The molecule has 1 N–H and O–H groups in total. The quantitative estimate of drug-likeness (QED) is 0.703. The van der Waals surface area contributed by atoms with Crippen LogP contribution in [-0.4, -0.2) is 59.4 Å². The highest BCUT2D eigenvalue weighted by Crippen LogP contribution is 2.32. The van der Waals surface area contributed by atoms with Crippen molar-refractivity contribution in [3.63, 3.8) is 0 Å². The first-order valence-electron chi connectivity index (χ1n) is 6.82. The number of carbonyl (C=O) groups is 2. The zero-order valence-corrected chi connectivity index (χ0v) is 11.1. The summed E-state index contributed by atoms with van der Waals surface area (Å²) >= 11 is 0. The Labute approximate surface area is 107 Å². The Morgan fingerprint density at radius 3 is 2.44 bits per heavy atom. The summed E-state index contributed by atoms with van der Waals surface area (Å²) in [7, 11) is 0. The van der Waals surface area contributed by atoms with Crippen molar-refractivity contribution in [3.8, 4) is 0 Å². The molecule has 4 aliphatic rings. The summed E-state index contributed by atoms with van der Waals surface area (Å²) in [6.07, 6.45) is 2.33. The van der Waals surface area contributed by atoms with Crippen molar-refractivity contribution in [2.45, 2.75) is 38.3 Å². The largest absolute Gasteiger partial charge is 0.341 e. The van der Waals surface area contributed by atoms with Crippen molar-refractivity contribution in [2.75, 3.05) is 26.2 Å². The smallest absolute Gasteiger partial charge is 0.248 e. The van der Waals surface area contributed by atoms with Gasteiger partial charge in [-0.3, -0.25) is 9.59 Å². The number of nitrogens with one attached hydrogen (secondary N) is 1. The van der Waals surface area contributed by atoms with Crippen molar-refractivity contribution < 1.29 is 9.59 Å². The molecule has 5 heteroatoms. The molecule has 1 unspecified atom stereocenters. The molecule has 0 radical (unpaired) electrons. The molecule has 0 aliphatic carbocycles. The van der Waals surface area contributed by atoms with Gasteiger partial charge in [0, 0.05) is 12.6 Å². The van der Waals surface area contributed by atoms with Crippen LogP contribution in [0.25, 0.3) is 0 Å². The van der Waals surface area contributed by atoms with Gasteiger partial charge in [-0.2, -0.15) is 0 Å². The zero-order valence-electron chi connectivity index (χ0n) is 11.1. The molecule has 2 bridgehead atoms. The molecule has 0 saturated carbocycles. The van der Waals surface area contributed by atoms with E-state index < -0.39 is 5.54 Å². The van der Waals surface area contributed by atoms with Gasteiger partial charge in [-0.25, -0.2) is 0 Å². The van der Waals surface area contributed by atoms with Crippen LogP contribution in [0.2, 0.25) is 0 Å². The van der Waals surface area contributed by atoms with Crippen LogP contribution < -0.4 is 5.32 Å². The summed E-state index contributed by atoms with van der Waals surface area (Å²) in [4.78, 5) is 28.5. The van der Waals surface area contributed by atoms with Gasteiger partial charge in [0.05, 0.1) is 6.54 Å². The van der Waals surface area contributed by atoms with Crippen LogP contribution in [0.5, 0.6) is 0 Å². The molecule has 0 aromatic rings. The summed E-state index contributed by atoms with van der Waals surface area (Å²) in [6, 6.07) is 0.241. The standard InChI is InChI=1S/C13H21N3O2/c1-13(2)12(18)16(8-11(17)14-13)10-7-15-5-3-9(10)4-6-15/h9-10H,3-8H2,1-2H3,(H,14,17). The fourth-order valence-corrected chi connectivity index (χ4v) is 3.58. The fraction of sp³-hybridized carbons (Fsp3) is 0.846. The van der Waals surface area contributed by atoms with Gasteiger partial charge < -0.3 is 15.1 Å². The van der Waals surface area contributed by atoms with E-state index in [1.54, 1.807) is 13.8 Å². The molecule has 4 aliphatic heterocycles. The molecule has 18 heavy (non-hydrogen) atoms. The van der Waals surface area contributed by atoms with E-state index in [4.69, 9.17) is 0 Å². The first-order valence-corrected chi connectivity index (χ1v) is 6.82. The molecule has 5 nitrogen and oxygen atoms in total. The van der Waals surface area contributed by atoms with Gasteiger partial charge in [-0.1, -0.05) is 0 Å². The van der Waals surface area contributed by atoms with Crippen molar-refractivity contribution >= 4 is 11.8 Å². The van der Waals surface area contributed by atoms with Gasteiger partial charge in [0.15, 0.2) is 0 Å². The van der Waals surface area contributed by atoms with Crippen molar-refractivity contribution in [2.24, 2.45) is 5.92 Å². The third kappa shape index (κ3) is 1.81. The molecule has 2 amide bonds. The highest BCUT2D eigenvalue weighted by atomic mass is 16.2. The number of nitrogens with zero attached hydrogens (tertiary/aromatic N) is 2. The Kier molecular flexibility index (Phi) is 2.62. The lowest BCUT2D eigenvalue weighted by Crippen LogP contribution is -2.69. The molecule has 4 saturated heterocycles. The molecular formula is C13H21N3O2. The maximum absolute atomic E-state index is 12.5. The first-order chi connectivity index (χ1) is 8.47. The maximum Gasteiger partial charge on any atom is 0.248 e. The molecule has 1 atom stereocenters. The Bertz CT molecular complexity index is 386. The van der Waals surface area contributed by atoms with Crippen molar-refractivity contribution in [1.29, 1.82) is 0 Å². The first kappa shape index (κ1) is 12.0. The van der Waals surface area contributed by atoms with Gasteiger partial charge >= 0.3 is 0 Å². The van der Waals surface area contributed by atoms with Crippen LogP contribution >= 0.6 is 0 Å². The van der Waals surface area contributed by atoms with Gasteiger partial charge in [-0.05, 0) is 45.7 Å². The van der Waals surface area contributed by atoms with Crippen LogP contribution in [0.4, 0.5) is 0 Å². The van der Waals surface area contributed by atoms with Crippen LogP contribution in [0, 0.1) is 5.92 Å². The average molecular weight is 251 g/mol. The van der Waals surface area contributed by atoms with Crippen LogP contribution in [0.15, 0.2) is 0 Å². The summed E-state index contributed by atoms with van der Waals surface area (Å²) in [5.41, 5.74) is -0.749. The molecule has 4 rings (SSSR count). The number of hydrogen-bond donors (Lipinski definition) is 1. The van der Waals surface area contributed by atoms with E-state index in [2.05, 4.69) is 10.2 Å². The van der Waals surface area contributed by atoms with E-state index in [1.807, 2.05) is 4.90 Å². The Balaban J connectivity index is 1.82. The van der Waals surface area contributed by atoms with Gasteiger partial charge in [0.1, 0.15) is 5.54 Å². The van der Waals surface area contributed by atoms with E-state index >= 15 is 0 Å². The predicted octanol–water partition coefficient (Wildman–Crippen LogP) is -0.182. The zero-order chi connectivity index (χ0) is 12.9. The summed E-state index contributed by atoms with van der Waals surface area (Å²) < 4.78 is 0. The van der Waals surface area contributed by atoms with E-state index in [-0.39, 0.29) is 24.4 Å². The van der Waals surface area contributed by atoms with Gasteiger partial charge in [0.2, 0.25) is 11.8 Å². The Hall–Kier alpha value is -1.10. The lowest BCUT2D eigenvalue weighted by Gasteiger charge is -2.51. The lowest BCUT2D eigenvalue weighted by atomic mass is 9.82. The van der Waals surface area contributed by atoms with E-state index in [9.17, 15) is 9.59 Å². The average Bonchev–Trinajstić information content (AvgIpc) is 2.34. The predicted molar refractivity (Wildman–Crippen MR) is 66.9 cm³/mol. The number of rotatable bonds is 1. The fourth-order valence-electron chi connectivity index (χ4n) is 3.58. The van der Waals surface area contributed by atoms with Gasteiger partial charge in [0.25, 0.3) is 0 Å². The molecule has 4 heterocycles. The topological polar surface area (TPSA) is 52.7 Å². The SMILES string of the molecule is CC1(C)NC(=O)CN(C2CN3CCC2CC3)C1=O. The van der Waals surface area contributed by atoms with Gasteiger partial charge in [-0.15, -0.1) is 0 Å². The number of piperidine rings is 3. The number of hydrogen-bond acceptors (Lipinski definition) is 3. The molecule has 0 aromatic carbocycles. The van der Waals surface area contributed by atoms with E-state index in [1.165, 1.54) is 0 Å². The Morgan fingerprint density at radius 1 is 1.22 bits per heavy atom. The lowest BCUT2D eigenvalue weighted by molar-refractivity contribution is -0.155. The highest BCUT2D eigenvalue weighted by Gasteiger charge is 2.46. The number of piperazine rings is 1. The third-order valence-electron chi connectivity index (χ3n) is 4.58. The summed E-state index contributed by atoms with van der Waals surface area (Å²) in [6.45, 7) is 7.07. The molecule has 4 fully saturated rings. The molecule has 0 aromatic heterocycles. The van der Waals surface area contributed by atoms with E-state index in [0.29, 0.717) is 5.92 Å². The minimum Gasteiger partial charge on any atom is -0.341 e. The number of amides is 2. The number of fused-ring (bicyclic) bond motifs is 3. The van der Waals surface area contributed by atoms with E-state index in [0.717, 1.165) is 32.5 Å². The molecular weight excluding hydrogens is 230 g/mol. The Morgan fingerprint density at radius 2 is 1.89 bits per heavy atom. The minimum absolute atomic E-state index is 0.0314. The highest BCUT2D eigenvalue weighted by molar-refractivity contribution is 5.97. The van der Waals surface area contributed by atoms with Crippen molar-refractivity contribution in [3.05, 3.63) is 0 Å². The van der Waals surface area contributed by atoms with Crippen LogP contribution in [0.3, 0.4) is 0 Å². The summed E-state index contributed by atoms with van der Waals surface area (Å²) in [5, 5.41) is 2.77. The second-order valence-electron chi connectivity index (χ2n) is 6.31. The van der Waals surface area contributed by atoms with Crippen molar-refractivity contribution in [1.82, 2.24) is 15.1 Å². The molecule has 0 spiro atoms. The van der Waals surface area contributed by atoms with Crippen LogP contribution in [-0.2, 0) is 9.59 Å². The van der Waals surface area contributed by atoms with Crippen LogP contribution in [0.1, 0.15) is 26.7 Å². The third-order valence-corrected chi connectivity index (χ3v) is 4.58. The summed E-state index contributed by atoms with van der Waals surface area (Å²) in [5.74, 6) is 0.623. The normalized spacial score (nSPS) is 38.8. The minimum atomic E-state index is -0.749. The monoisotopic (exact) mass is 251 g/mol. The second-order valence-corrected chi connectivity index (χ2v) is 6.31. The molecule has 100 valence electrons. The second kappa shape index (κ2) is 3.95.